The van der Waals surface area contributed by atoms with Crippen LogP contribution in [0.3, 0.4) is 0 Å². The number of carbonyl (C=O) groups excluding carboxylic acids is 1. The third-order valence-electron chi connectivity index (χ3n) is 2.75. The van der Waals surface area contributed by atoms with Crippen molar-refractivity contribution in [3.63, 3.8) is 0 Å². The number of hydrogen-bond donors (Lipinski definition) is 1. The number of aromatic nitrogens is 2. The Morgan fingerprint density at radius 2 is 2.29 bits per heavy atom. The van der Waals surface area contributed by atoms with Gasteiger partial charge in [-0.05, 0) is 19.1 Å². The molecule has 2 heterocycles. The summed E-state index contributed by atoms with van der Waals surface area (Å²) in [7, 11) is 1.55. The van der Waals surface area contributed by atoms with E-state index < -0.39 is 5.91 Å². The van der Waals surface area contributed by atoms with Crippen molar-refractivity contribution in [1.82, 2.24) is 10.1 Å². The molecule has 0 atom stereocenters. The Balaban J connectivity index is 1.94. The van der Waals surface area contributed by atoms with Gasteiger partial charge in [0.05, 0.1) is 22.5 Å². The van der Waals surface area contributed by atoms with Gasteiger partial charge in [0.15, 0.2) is 5.13 Å². The lowest BCUT2D eigenvalue weighted by atomic mass is 10.3. The number of rotatable bonds is 3. The van der Waals surface area contributed by atoms with Gasteiger partial charge in [-0.3, -0.25) is 10.1 Å². The molecular weight excluding hydrogens is 314 g/mol. The third kappa shape index (κ3) is 2.57. The van der Waals surface area contributed by atoms with Crippen LogP contribution >= 0.6 is 22.9 Å². The van der Waals surface area contributed by atoms with Gasteiger partial charge in [0.1, 0.15) is 11.3 Å². The van der Waals surface area contributed by atoms with E-state index in [1.165, 1.54) is 11.3 Å². The van der Waals surface area contributed by atoms with Crippen molar-refractivity contribution in [2.24, 2.45) is 0 Å². The molecule has 0 unspecified atom stereocenters. The average Bonchev–Trinajstić information content (AvgIpc) is 3.06. The number of nitrogens with zero attached hydrogens (tertiary/aromatic N) is 2. The van der Waals surface area contributed by atoms with Gasteiger partial charge in [0.25, 0.3) is 5.91 Å². The number of anilines is 1. The predicted molar refractivity (Wildman–Crippen MR) is 80.4 cm³/mol. The van der Waals surface area contributed by atoms with Crippen molar-refractivity contribution < 1.29 is 14.1 Å². The minimum atomic E-state index is -0.412. The van der Waals surface area contributed by atoms with Crippen LogP contribution in [0.1, 0.15) is 16.2 Å². The fraction of sp³-hybridized carbons (Fsp3) is 0.154. The van der Waals surface area contributed by atoms with E-state index in [0.717, 1.165) is 4.70 Å². The standard InChI is InChI=1S/C13H10ClN3O3S/c1-6-5-9(20-17-6)12(18)16-13-15-10-8(19-2)4-3-7(14)11(10)21-13/h3-5H,1-2H3,(H,15,16,18). The average molecular weight is 324 g/mol. The summed E-state index contributed by atoms with van der Waals surface area (Å²) in [5.41, 5.74) is 1.24. The lowest BCUT2D eigenvalue weighted by Gasteiger charge is -2.00. The van der Waals surface area contributed by atoms with Crippen molar-refractivity contribution in [2.45, 2.75) is 6.92 Å². The predicted octanol–water partition coefficient (Wildman–Crippen LogP) is 3.51. The highest BCUT2D eigenvalue weighted by Gasteiger charge is 2.16. The van der Waals surface area contributed by atoms with E-state index in [-0.39, 0.29) is 5.76 Å². The smallest absolute Gasteiger partial charge is 0.296 e. The van der Waals surface area contributed by atoms with Gasteiger partial charge in [-0.2, -0.15) is 0 Å². The molecule has 0 saturated carbocycles. The number of amides is 1. The summed E-state index contributed by atoms with van der Waals surface area (Å²) < 4.78 is 10.9. The maximum Gasteiger partial charge on any atom is 0.296 e. The highest BCUT2D eigenvalue weighted by Crippen LogP contribution is 2.37. The first-order valence-corrected chi connectivity index (χ1v) is 7.15. The molecule has 0 aliphatic heterocycles. The van der Waals surface area contributed by atoms with E-state index in [9.17, 15) is 4.79 Å². The van der Waals surface area contributed by atoms with E-state index in [1.807, 2.05) is 0 Å². The van der Waals surface area contributed by atoms with Crippen molar-refractivity contribution in [3.8, 4) is 5.75 Å². The van der Waals surface area contributed by atoms with Gasteiger partial charge in [0, 0.05) is 6.07 Å². The molecular formula is C13H10ClN3O3S. The van der Waals surface area contributed by atoms with Crippen molar-refractivity contribution in [2.75, 3.05) is 12.4 Å². The molecule has 0 aliphatic carbocycles. The van der Waals surface area contributed by atoms with Crippen molar-refractivity contribution in [3.05, 3.63) is 34.7 Å². The maximum absolute atomic E-state index is 12.0. The molecule has 3 aromatic rings. The van der Waals surface area contributed by atoms with Crippen LogP contribution in [0.15, 0.2) is 22.7 Å². The molecule has 0 bridgehead atoms. The SMILES string of the molecule is COc1ccc(Cl)c2sc(NC(=O)c3cc(C)no3)nc12. The fourth-order valence-corrected chi connectivity index (χ4v) is 2.95. The van der Waals surface area contributed by atoms with Crippen LogP contribution in [0.25, 0.3) is 10.2 Å². The molecule has 0 saturated heterocycles. The molecule has 2 aromatic heterocycles. The Kier molecular flexibility index (Phi) is 3.52. The number of hydrogen-bond acceptors (Lipinski definition) is 6. The summed E-state index contributed by atoms with van der Waals surface area (Å²) >= 11 is 7.40. The largest absolute Gasteiger partial charge is 0.494 e. The molecule has 8 heteroatoms. The molecule has 6 nitrogen and oxygen atoms in total. The molecule has 0 fully saturated rings. The lowest BCUT2D eigenvalue weighted by molar-refractivity contribution is 0.0988. The van der Waals surface area contributed by atoms with E-state index in [0.29, 0.717) is 27.1 Å². The van der Waals surface area contributed by atoms with Crippen LogP contribution in [0, 0.1) is 6.92 Å². The summed E-state index contributed by atoms with van der Waals surface area (Å²) in [5.74, 6) is 0.316. The number of fused-ring (bicyclic) bond motifs is 1. The molecule has 0 aliphatic rings. The normalized spacial score (nSPS) is 10.8. The van der Waals surface area contributed by atoms with E-state index >= 15 is 0 Å². The number of nitrogens with one attached hydrogen (secondary N) is 1. The lowest BCUT2D eigenvalue weighted by Crippen LogP contribution is -2.10. The van der Waals surface area contributed by atoms with Crippen LogP contribution in [-0.4, -0.2) is 23.2 Å². The third-order valence-corrected chi connectivity index (χ3v) is 4.18. The van der Waals surface area contributed by atoms with Gasteiger partial charge >= 0.3 is 0 Å². The number of carbonyl (C=O) groups is 1. The van der Waals surface area contributed by atoms with Crippen molar-refractivity contribution >= 4 is 44.2 Å². The van der Waals surface area contributed by atoms with Crippen LogP contribution in [0.4, 0.5) is 5.13 Å². The molecule has 1 N–H and O–H groups in total. The molecule has 1 aromatic carbocycles. The molecule has 0 radical (unpaired) electrons. The van der Waals surface area contributed by atoms with Crippen LogP contribution < -0.4 is 10.1 Å². The summed E-state index contributed by atoms with van der Waals surface area (Å²) in [5, 5.41) is 7.30. The van der Waals surface area contributed by atoms with Gasteiger partial charge in [-0.15, -0.1) is 0 Å². The Hall–Kier alpha value is -2.12. The Labute approximate surface area is 128 Å². The molecule has 0 spiro atoms. The first-order valence-electron chi connectivity index (χ1n) is 5.96. The van der Waals surface area contributed by atoms with Gasteiger partial charge in [-0.1, -0.05) is 28.1 Å². The molecule has 1 amide bonds. The topological polar surface area (TPSA) is 77.2 Å². The molecule has 3 rings (SSSR count). The monoisotopic (exact) mass is 323 g/mol. The number of aryl methyl sites for hydroxylation is 1. The van der Waals surface area contributed by atoms with Crippen LogP contribution in [0.5, 0.6) is 5.75 Å². The second kappa shape index (κ2) is 5.34. The van der Waals surface area contributed by atoms with Gasteiger partial charge in [0.2, 0.25) is 5.76 Å². The zero-order chi connectivity index (χ0) is 15.0. The first-order chi connectivity index (χ1) is 10.1. The Morgan fingerprint density at radius 3 is 2.95 bits per heavy atom. The zero-order valence-electron chi connectivity index (χ0n) is 11.1. The fourth-order valence-electron chi connectivity index (χ4n) is 1.80. The van der Waals surface area contributed by atoms with Crippen molar-refractivity contribution in [1.29, 1.82) is 0 Å². The summed E-state index contributed by atoms with van der Waals surface area (Å²) in [4.78, 5) is 16.3. The Bertz CT molecular complexity index is 827. The molecule has 21 heavy (non-hydrogen) atoms. The minimum Gasteiger partial charge on any atom is -0.494 e. The quantitative estimate of drug-likeness (QED) is 0.798. The van der Waals surface area contributed by atoms with E-state index in [1.54, 1.807) is 32.2 Å². The number of ether oxygens (including phenoxy) is 1. The summed E-state index contributed by atoms with van der Waals surface area (Å²) in [6.07, 6.45) is 0. The van der Waals surface area contributed by atoms with Gasteiger partial charge < -0.3 is 9.26 Å². The highest BCUT2D eigenvalue weighted by molar-refractivity contribution is 7.23. The summed E-state index contributed by atoms with van der Waals surface area (Å²) in [6, 6.07) is 5.01. The second-order valence-electron chi connectivity index (χ2n) is 4.23. The number of methoxy groups -OCH3 is 1. The van der Waals surface area contributed by atoms with Gasteiger partial charge in [-0.25, -0.2) is 4.98 Å². The maximum atomic E-state index is 12.0. The second-order valence-corrected chi connectivity index (χ2v) is 5.64. The highest BCUT2D eigenvalue weighted by atomic mass is 35.5. The van der Waals surface area contributed by atoms with Crippen LogP contribution in [-0.2, 0) is 0 Å². The minimum absolute atomic E-state index is 0.129. The Morgan fingerprint density at radius 1 is 1.48 bits per heavy atom. The first kappa shape index (κ1) is 13.8. The summed E-state index contributed by atoms with van der Waals surface area (Å²) in [6.45, 7) is 1.74. The zero-order valence-corrected chi connectivity index (χ0v) is 12.7. The number of thiazole rings is 1. The number of halogens is 1. The van der Waals surface area contributed by atoms with E-state index in [4.69, 9.17) is 20.9 Å². The van der Waals surface area contributed by atoms with Crippen LogP contribution in [0.2, 0.25) is 5.02 Å². The number of benzene rings is 1. The molecule has 108 valence electrons. The van der Waals surface area contributed by atoms with E-state index in [2.05, 4.69) is 15.5 Å².